The van der Waals surface area contributed by atoms with Gasteiger partial charge in [0.25, 0.3) is 15.9 Å². The van der Waals surface area contributed by atoms with Crippen molar-refractivity contribution >= 4 is 39.3 Å². The fourth-order valence-corrected chi connectivity index (χ4v) is 9.38. The summed E-state index contributed by atoms with van der Waals surface area (Å²) in [6.45, 7) is 5.77. The average molecular weight is 728 g/mol. The van der Waals surface area contributed by atoms with E-state index in [1.165, 1.54) is 31.0 Å². The van der Waals surface area contributed by atoms with Gasteiger partial charge in [0.1, 0.15) is 17.5 Å². The molecule has 0 radical (unpaired) electrons. The third kappa shape index (κ3) is 6.83. The van der Waals surface area contributed by atoms with E-state index in [1.54, 1.807) is 30.2 Å². The summed E-state index contributed by atoms with van der Waals surface area (Å²) in [4.78, 5) is 30.6. The van der Waals surface area contributed by atoms with Crippen molar-refractivity contribution in [3.63, 3.8) is 0 Å². The van der Waals surface area contributed by atoms with Gasteiger partial charge in [0.05, 0.1) is 36.4 Å². The smallest absolute Gasteiger partial charge is 0.410 e. The van der Waals surface area contributed by atoms with E-state index in [-0.39, 0.29) is 34.8 Å². The number of sulfonamides is 1. The van der Waals surface area contributed by atoms with Crippen molar-refractivity contribution in [3.05, 3.63) is 64.7 Å². The summed E-state index contributed by atoms with van der Waals surface area (Å²) in [6, 6.07) is 10.8. The molecule has 2 aromatic rings. The van der Waals surface area contributed by atoms with Gasteiger partial charge >= 0.3 is 6.09 Å². The number of aryl methyl sites for hydroxylation is 1. The number of hydrogen-bond acceptors (Lipinski definition) is 9. The van der Waals surface area contributed by atoms with Crippen LogP contribution in [0.15, 0.2) is 53.4 Å². The lowest BCUT2D eigenvalue weighted by Crippen LogP contribution is -2.50. The van der Waals surface area contributed by atoms with Crippen LogP contribution in [0, 0.1) is 11.8 Å². The summed E-state index contributed by atoms with van der Waals surface area (Å²) in [5.41, 5.74) is 1.24. The average Bonchev–Trinajstić information content (AvgIpc) is 3.56. The summed E-state index contributed by atoms with van der Waals surface area (Å²) in [5.74, 6) is -0.0586. The summed E-state index contributed by atoms with van der Waals surface area (Å²) >= 11 is 6.44. The van der Waals surface area contributed by atoms with Gasteiger partial charge in [-0.1, -0.05) is 23.7 Å². The molecule has 5 aliphatic rings. The summed E-state index contributed by atoms with van der Waals surface area (Å²) in [7, 11) is -2.50. The van der Waals surface area contributed by atoms with Crippen LogP contribution >= 0.6 is 11.6 Å². The molecule has 2 fully saturated rings. The van der Waals surface area contributed by atoms with Gasteiger partial charge in [-0.2, -0.15) is 0 Å². The van der Waals surface area contributed by atoms with Crippen LogP contribution < -0.4 is 14.4 Å². The first-order chi connectivity index (χ1) is 23.8. The van der Waals surface area contributed by atoms with E-state index in [2.05, 4.69) is 15.7 Å². The molecule has 50 heavy (non-hydrogen) atoms. The number of anilines is 1. The van der Waals surface area contributed by atoms with Crippen molar-refractivity contribution in [3.8, 4) is 5.75 Å². The zero-order chi connectivity index (χ0) is 35.3. The molecule has 1 saturated carbocycles. The highest BCUT2D eigenvalue weighted by Crippen LogP contribution is 2.47. The quantitative estimate of drug-likeness (QED) is 0.414. The van der Waals surface area contributed by atoms with Gasteiger partial charge in [0.2, 0.25) is 0 Å². The number of amides is 2. The lowest BCUT2D eigenvalue weighted by Gasteiger charge is -2.46. The Labute approximate surface area is 299 Å². The first kappa shape index (κ1) is 35.1. The topological polar surface area (TPSA) is 124 Å². The molecule has 1 saturated heterocycles. The van der Waals surface area contributed by atoms with Crippen molar-refractivity contribution in [1.29, 1.82) is 0 Å². The fraction of sp³-hybridized carbons (Fsp3) is 0.568. The van der Waals surface area contributed by atoms with Crippen molar-refractivity contribution in [1.82, 2.24) is 9.62 Å². The standard InChI is InChI=1S/C37H46ClN3O8S/c1-36(2)34(42)39-50(44,45)28-10-13-33-31(19-28)41(22-37(23-47-33)15-4-6-24-18-26(38)9-12-30(24)37)20-25-8-11-29(25)32(7-5-16-48-36)49-35(43)40(3)27-14-17-46-21-27/h5,7,9-10,12-13,18-19,25,27,29,32H,4,6,8,11,14-17,20-23H2,1-3H3,(H,39,42)/b7-5+/t25-,27+,29+,32-,37-/m0/s1. The zero-order valence-corrected chi connectivity index (χ0v) is 30.4. The molecule has 3 heterocycles. The normalized spacial score (nSPS) is 30.8. The Balaban J connectivity index is 1.27. The third-order valence-corrected chi connectivity index (χ3v) is 12.9. The Morgan fingerprint density at radius 2 is 1.98 bits per heavy atom. The van der Waals surface area contributed by atoms with E-state index in [0.29, 0.717) is 49.4 Å². The second kappa shape index (κ2) is 13.7. The van der Waals surface area contributed by atoms with E-state index < -0.39 is 33.7 Å². The van der Waals surface area contributed by atoms with E-state index in [0.717, 1.165) is 38.5 Å². The molecular weight excluding hydrogens is 682 g/mol. The molecule has 1 N–H and O–H groups in total. The summed E-state index contributed by atoms with van der Waals surface area (Å²) in [5, 5.41) is 0.700. The van der Waals surface area contributed by atoms with Crippen LogP contribution in [0.4, 0.5) is 10.5 Å². The van der Waals surface area contributed by atoms with Crippen molar-refractivity contribution in [2.45, 2.75) is 80.4 Å². The predicted molar refractivity (Wildman–Crippen MR) is 188 cm³/mol. The molecule has 2 aromatic carbocycles. The number of ether oxygens (including phenoxy) is 4. The molecule has 0 aromatic heterocycles. The van der Waals surface area contributed by atoms with Gasteiger partial charge in [0, 0.05) is 43.1 Å². The van der Waals surface area contributed by atoms with E-state index in [9.17, 15) is 18.0 Å². The summed E-state index contributed by atoms with van der Waals surface area (Å²) in [6.07, 6.45) is 8.00. The number of likely N-dealkylation sites (N-methyl/N-ethyl adjacent to an activating group) is 1. The molecular formula is C37H46ClN3O8S. The molecule has 3 aliphatic heterocycles. The van der Waals surface area contributed by atoms with Gasteiger partial charge in [-0.25, -0.2) is 17.9 Å². The largest absolute Gasteiger partial charge is 0.490 e. The lowest BCUT2D eigenvalue weighted by atomic mass is 9.68. The number of fused-ring (bicyclic) bond motifs is 4. The molecule has 2 aliphatic carbocycles. The molecule has 5 atom stereocenters. The summed E-state index contributed by atoms with van der Waals surface area (Å²) < 4.78 is 53.7. The highest BCUT2D eigenvalue weighted by molar-refractivity contribution is 7.90. The molecule has 2 amide bonds. The molecule has 13 heteroatoms. The first-order valence-electron chi connectivity index (χ1n) is 17.5. The van der Waals surface area contributed by atoms with Crippen LogP contribution in [0.3, 0.4) is 0 Å². The Hall–Kier alpha value is -3.32. The molecule has 0 unspecified atom stereocenters. The number of nitrogens with one attached hydrogen (secondary N) is 1. The molecule has 7 rings (SSSR count). The fourth-order valence-electron chi connectivity index (χ4n) is 8.06. The second-order valence-electron chi connectivity index (χ2n) is 14.9. The van der Waals surface area contributed by atoms with Crippen LogP contribution in [-0.2, 0) is 40.9 Å². The highest BCUT2D eigenvalue weighted by Gasteiger charge is 2.45. The van der Waals surface area contributed by atoms with Crippen LogP contribution in [0.5, 0.6) is 5.75 Å². The highest BCUT2D eigenvalue weighted by atomic mass is 35.5. The van der Waals surface area contributed by atoms with Gasteiger partial charge in [-0.05, 0) is 106 Å². The molecule has 11 nitrogen and oxygen atoms in total. The van der Waals surface area contributed by atoms with Crippen LogP contribution in [-0.4, -0.2) is 89.6 Å². The van der Waals surface area contributed by atoms with Gasteiger partial charge in [-0.3, -0.25) is 4.79 Å². The Kier molecular flexibility index (Phi) is 9.59. The Morgan fingerprint density at radius 3 is 2.74 bits per heavy atom. The van der Waals surface area contributed by atoms with Gasteiger partial charge in [-0.15, -0.1) is 0 Å². The maximum Gasteiger partial charge on any atom is 0.410 e. The maximum absolute atomic E-state index is 13.6. The first-order valence-corrected chi connectivity index (χ1v) is 19.4. The lowest BCUT2D eigenvalue weighted by molar-refractivity contribution is -0.139. The van der Waals surface area contributed by atoms with Crippen LogP contribution in [0.2, 0.25) is 5.02 Å². The third-order valence-electron chi connectivity index (χ3n) is 11.3. The number of benzene rings is 2. The minimum atomic E-state index is -4.24. The number of rotatable bonds is 2. The minimum Gasteiger partial charge on any atom is -0.490 e. The number of halogens is 1. The SMILES string of the molecule is CN(C(=O)O[C@H]1/C=C/COC(C)(C)C(=O)NS(=O)(=O)c2ccc3c(c2)N(C[C@@H]2CC[C@H]21)C[C@@]1(CCCc2cc(Cl)ccc21)CO3)[C@@H]1CCOC1. The van der Waals surface area contributed by atoms with Crippen molar-refractivity contribution in [2.75, 3.05) is 51.5 Å². The van der Waals surface area contributed by atoms with E-state index in [1.807, 2.05) is 18.2 Å². The van der Waals surface area contributed by atoms with Crippen molar-refractivity contribution in [2.24, 2.45) is 11.8 Å². The molecule has 1 spiro atoms. The van der Waals surface area contributed by atoms with Crippen molar-refractivity contribution < 1.29 is 37.0 Å². The number of carbonyl (C=O) groups is 2. The molecule has 270 valence electrons. The Morgan fingerprint density at radius 1 is 1.14 bits per heavy atom. The van der Waals surface area contributed by atoms with Gasteiger partial charge in [0.15, 0.2) is 0 Å². The second-order valence-corrected chi connectivity index (χ2v) is 17.0. The molecule has 2 bridgehead atoms. The van der Waals surface area contributed by atoms with Gasteiger partial charge < -0.3 is 28.7 Å². The predicted octanol–water partition coefficient (Wildman–Crippen LogP) is 5.24. The van der Waals surface area contributed by atoms with E-state index >= 15 is 0 Å². The minimum absolute atomic E-state index is 0.0144. The zero-order valence-electron chi connectivity index (χ0n) is 28.9. The number of nitrogens with zero attached hydrogens (tertiary/aromatic N) is 2. The van der Waals surface area contributed by atoms with Crippen LogP contribution in [0.1, 0.15) is 57.1 Å². The monoisotopic (exact) mass is 727 g/mol. The van der Waals surface area contributed by atoms with E-state index in [4.69, 9.17) is 30.5 Å². The van der Waals surface area contributed by atoms with Crippen LogP contribution in [0.25, 0.3) is 0 Å². The number of carbonyl (C=O) groups excluding carboxylic acids is 2. The maximum atomic E-state index is 13.6. The Bertz CT molecular complexity index is 1780. The number of hydrogen-bond donors (Lipinski definition) is 1.